The molecule has 7 heteroatoms. The maximum absolute atomic E-state index is 12.3. The summed E-state index contributed by atoms with van der Waals surface area (Å²) in [5.41, 5.74) is 0.812. The number of nitrogens with one attached hydrogen (secondary N) is 1. The minimum atomic E-state index is -0.412. The molecule has 0 unspecified atom stereocenters. The van der Waals surface area contributed by atoms with Gasteiger partial charge in [0.25, 0.3) is 11.5 Å². The summed E-state index contributed by atoms with van der Waals surface area (Å²) in [5.74, 6) is 0.354. The van der Waals surface area contributed by atoms with Crippen LogP contribution in [0.4, 0.5) is 0 Å². The van der Waals surface area contributed by atoms with Gasteiger partial charge in [0, 0.05) is 17.6 Å². The van der Waals surface area contributed by atoms with Crippen LogP contribution in [0.25, 0.3) is 10.9 Å². The number of pyridine rings is 2. The van der Waals surface area contributed by atoms with E-state index >= 15 is 0 Å². The van der Waals surface area contributed by atoms with Crippen molar-refractivity contribution in [2.45, 2.75) is 6.10 Å². The second-order valence-corrected chi connectivity index (χ2v) is 6.26. The highest BCUT2D eigenvalue weighted by Crippen LogP contribution is 2.21. The maximum atomic E-state index is 12.3. The molecule has 1 aliphatic rings. The van der Waals surface area contributed by atoms with E-state index in [-0.39, 0.29) is 17.0 Å². The molecule has 6 nitrogen and oxygen atoms in total. The number of carbonyl (C=O) groups excluding carboxylic acids is 1. The van der Waals surface area contributed by atoms with Crippen molar-refractivity contribution in [3.63, 3.8) is 0 Å². The van der Waals surface area contributed by atoms with Gasteiger partial charge in [0.1, 0.15) is 11.1 Å². The van der Waals surface area contributed by atoms with Crippen molar-refractivity contribution in [3.8, 4) is 5.88 Å². The van der Waals surface area contributed by atoms with Crippen LogP contribution < -0.4 is 10.3 Å². The fourth-order valence-corrected chi connectivity index (χ4v) is 2.90. The predicted octanol–water partition coefficient (Wildman–Crippen LogP) is 2.48. The third-order valence-corrected chi connectivity index (χ3v) is 4.38. The lowest BCUT2D eigenvalue weighted by molar-refractivity contribution is 0.0161. The third-order valence-electron chi connectivity index (χ3n) is 4.10. The topological polar surface area (TPSA) is 75.3 Å². The lowest BCUT2D eigenvalue weighted by atomic mass is 10.1. The van der Waals surface area contributed by atoms with Gasteiger partial charge in [0.05, 0.1) is 24.2 Å². The number of hydrogen-bond donors (Lipinski definition) is 1. The third kappa shape index (κ3) is 3.08. The summed E-state index contributed by atoms with van der Waals surface area (Å²) in [4.78, 5) is 32.1. The molecule has 3 aromatic rings. The van der Waals surface area contributed by atoms with Gasteiger partial charge in [-0.2, -0.15) is 0 Å². The zero-order chi connectivity index (χ0) is 17.4. The number of ether oxygens (including phenoxy) is 1. The molecule has 0 spiro atoms. The first-order valence-electron chi connectivity index (χ1n) is 7.80. The van der Waals surface area contributed by atoms with Crippen LogP contribution >= 0.6 is 11.6 Å². The van der Waals surface area contributed by atoms with Gasteiger partial charge in [-0.15, -0.1) is 0 Å². The molecule has 0 saturated carbocycles. The molecule has 0 radical (unpaired) electrons. The number of likely N-dealkylation sites (tertiary alicyclic amines) is 1. The minimum absolute atomic E-state index is 0.000429. The van der Waals surface area contributed by atoms with E-state index in [2.05, 4.69) is 9.97 Å². The Balaban J connectivity index is 1.40. The van der Waals surface area contributed by atoms with Crippen LogP contribution in [-0.4, -0.2) is 40.0 Å². The molecule has 1 saturated heterocycles. The Kier molecular flexibility index (Phi) is 3.89. The van der Waals surface area contributed by atoms with E-state index in [0.29, 0.717) is 24.5 Å². The van der Waals surface area contributed by atoms with Crippen LogP contribution in [0.1, 0.15) is 10.4 Å². The number of nitrogens with zero attached hydrogens (tertiary/aromatic N) is 2. The Morgan fingerprint density at radius 3 is 2.84 bits per heavy atom. The molecule has 1 amide bonds. The molecule has 0 atom stereocenters. The SMILES string of the molecule is O=C(c1c[nH]c(=O)c(Cl)c1)N1CC(Oc2ccc3ccccc3n2)C1. The Labute approximate surface area is 148 Å². The number of aromatic nitrogens is 2. The smallest absolute Gasteiger partial charge is 0.266 e. The summed E-state index contributed by atoms with van der Waals surface area (Å²) in [6, 6.07) is 13.0. The van der Waals surface area contributed by atoms with Gasteiger partial charge in [-0.05, 0) is 18.2 Å². The number of para-hydroxylation sites is 1. The summed E-state index contributed by atoms with van der Waals surface area (Å²) in [6.07, 6.45) is 1.27. The summed E-state index contributed by atoms with van der Waals surface area (Å²) in [7, 11) is 0. The molecule has 0 aliphatic carbocycles. The monoisotopic (exact) mass is 355 g/mol. The second kappa shape index (κ2) is 6.22. The van der Waals surface area contributed by atoms with E-state index in [4.69, 9.17) is 16.3 Å². The van der Waals surface area contributed by atoms with Crippen molar-refractivity contribution in [2.75, 3.05) is 13.1 Å². The maximum Gasteiger partial charge on any atom is 0.266 e. The number of aromatic amines is 1. The van der Waals surface area contributed by atoms with Gasteiger partial charge >= 0.3 is 0 Å². The first-order chi connectivity index (χ1) is 12.1. The van der Waals surface area contributed by atoms with Gasteiger partial charge in [0.2, 0.25) is 5.88 Å². The largest absolute Gasteiger partial charge is 0.471 e. The van der Waals surface area contributed by atoms with Gasteiger partial charge < -0.3 is 14.6 Å². The molecule has 25 heavy (non-hydrogen) atoms. The van der Waals surface area contributed by atoms with Crippen LogP contribution in [-0.2, 0) is 0 Å². The molecule has 4 rings (SSSR count). The number of H-pyrrole nitrogens is 1. The first kappa shape index (κ1) is 15.7. The Hall–Kier alpha value is -2.86. The van der Waals surface area contributed by atoms with Crippen LogP contribution in [0.5, 0.6) is 5.88 Å². The fourth-order valence-electron chi connectivity index (χ4n) is 2.72. The number of rotatable bonds is 3. The number of amides is 1. The Morgan fingerprint density at radius 1 is 1.24 bits per heavy atom. The van der Waals surface area contributed by atoms with Gasteiger partial charge in [0.15, 0.2) is 0 Å². The molecule has 0 bridgehead atoms. The summed E-state index contributed by atoms with van der Waals surface area (Å²) >= 11 is 5.76. The average molecular weight is 356 g/mol. The van der Waals surface area contributed by atoms with Crippen molar-refractivity contribution in [1.82, 2.24) is 14.9 Å². The van der Waals surface area contributed by atoms with Crippen molar-refractivity contribution >= 4 is 28.4 Å². The van der Waals surface area contributed by atoms with E-state index in [0.717, 1.165) is 10.9 Å². The highest BCUT2D eigenvalue weighted by atomic mass is 35.5. The Bertz CT molecular complexity index is 1010. The zero-order valence-electron chi connectivity index (χ0n) is 13.1. The molecule has 126 valence electrons. The van der Waals surface area contributed by atoms with E-state index in [1.165, 1.54) is 12.3 Å². The van der Waals surface area contributed by atoms with Gasteiger partial charge in [-0.3, -0.25) is 9.59 Å². The van der Waals surface area contributed by atoms with Crippen molar-refractivity contribution < 1.29 is 9.53 Å². The van der Waals surface area contributed by atoms with Gasteiger partial charge in [-0.1, -0.05) is 29.8 Å². The highest BCUT2D eigenvalue weighted by Gasteiger charge is 2.33. The normalized spacial score (nSPS) is 14.4. The second-order valence-electron chi connectivity index (χ2n) is 5.86. The summed E-state index contributed by atoms with van der Waals surface area (Å²) in [6.45, 7) is 0.925. The van der Waals surface area contributed by atoms with E-state index in [1.54, 1.807) is 4.90 Å². The minimum Gasteiger partial charge on any atom is -0.471 e. The lowest BCUT2D eigenvalue weighted by Crippen LogP contribution is -2.56. The highest BCUT2D eigenvalue weighted by molar-refractivity contribution is 6.30. The molecular weight excluding hydrogens is 342 g/mol. The molecule has 1 fully saturated rings. The molecule has 1 N–H and O–H groups in total. The van der Waals surface area contributed by atoms with E-state index < -0.39 is 5.56 Å². The van der Waals surface area contributed by atoms with Gasteiger partial charge in [-0.25, -0.2) is 4.98 Å². The lowest BCUT2D eigenvalue weighted by Gasteiger charge is -2.38. The van der Waals surface area contributed by atoms with Crippen molar-refractivity contribution in [2.24, 2.45) is 0 Å². The van der Waals surface area contributed by atoms with Crippen LogP contribution in [0.3, 0.4) is 0 Å². The van der Waals surface area contributed by atoms with E-state index in [1.807, 2.05) is 36.4 Å². The number of benzene rings is 1. The molecule has 1 aliphatic heterocycles. The molecule has 2 aromatic heterocycles. The molecule has 3 heterocycles. The molecular formula is C18H14ClN3O3. The summed E-state index contributed by atoms with van der Waals surface area (Å²) < 4.78 is 5.83. The first-order valence-corrected chi connectivity index (χ1v) is 8.18. The number of hydrogen-bond acceptors (Lipinski definition) is 4. The van der Waals surface area contributed by atoms with E-state index in [9.17, 15) is 9.59 Å². The number of fused-ring (bicyclic) bond motifs is 1. The summed E-state index contributed by atoms with van der Waals surface area (Å²) in [5, 5.41) is 1.05. The van der Waals surface area contributed by atoms with Crippen LogP contribution in [0.2, 0.25) is 5.02 Å². The molecule has 1 aromatic carbocycles. The zero-order valence-corrected chi connectivity index (χ0v) is 13.9. The number of halogens is 1. The van der Waals surface area contributed by atoms with Crippen LogP contribution in [0, 0.1) is 0 Å². The average Bonchev–Trinajstić information content (AvgIpc) is 2.59. The predicted molar refractivity (Wildman–Crippen MR) is 94.1 cm³/mol. The van der Waals surface area contributed by atoms with Crippen LogP contribution in [0.15, 0.2) is 53.5 Å². The van der Waals surface area contributed by atoms with Crippen molar-refractivity contribution in [1.29, 1.82) is 0 Å². The standard InChI is InChI=1S/C18H14ClN3O3/c19-14-7-12(8-20-17(14)23)18(24)22-9-13(10-22)25-16-6-5-11-3-1-2-4-15(11)21-16/h1-8,13H,9-10H2,(H,20,23). The Morgan fingerprint density at radius 2 is 2.04 bits per heavy atom. The fraction of sp³-hybridized carbons (Fsp3) is 0.167. The van der Waals surface area contributed by atoms with Crippen molar-refractivity contribution in [3.05, 3.63) is 69.6 Å². The quantitative estimate of drug-likeness (QED) is 0.783. The number of carbonyl (C=O) groups is 1.